The van der Waals surface area contributed by atoms with Gasteiger partial charge in [-0.25, -0.2) is 13.6 Å². The van der Waals surface area contributed by atoms with Crippen LogP contribution in [-0.2, 0) is 10.0 Å². The van der Waals surface area contributed by atoms with E-state index in [-0.39, 0.29) is 10.9 Å². The third-order valence-corrected chi connectivity index (χ3v) is 3.33. The summed E-state index contributed by atoms with van der Waals surface area (Å²) in [4.78, 5) is 0.105. The molecule has 0 heterocycles. The standard InChI is InChI=1S/C11H15ClN2O2S/c1-8(12)7-14-9(2)10-4-3-5-11(6-10)17(13,15)16/h3-6,9,14H,1,7H2,2H3,(H2,13,15,16). The zero-order valence-corrected chi connectivity index (χ0v) is 11.1. The zero-order valence-electron chi connectivity index (χ0n) is 9.48. The van der Waals surface area contributed by atoms with Gasteiger partial charge in [0.05, 0.1) is 4.90 Å². The Labute approximate surface area is 107 Å². The van der Waals surface area contributed by atoms with Gasteiger partial charge in [-0.1, -0.05) is 30.3 Å². The number of sulfonamides is 1. The summed E-state index contributed by atoms with van der Waals surface area (Å²) in [5, 5.41) is 8.67. The van der Waals surface area contributed by atoms with Crippen molar-refractivity contribution in [2.24, 2.45) is 5.14 Å². The van der Waals surface area contributed by atoms with Crippen molar-refractivity contribution in [3.05, 3.63) is 41.4 Å². The smallest absolute Gasteiger partial charge is 0.238 e. The highest BCUT2D eigenvalue weighted by Crippen LogP contribution is 2.16. The molecule has 0 aliphatic heterocycles. The van der Waals surface area contributed by atoms with Crippen LogP contribution in [0.1, 0.15) is 18.5 Å². The van der Waals surface area contributed by atoms with Crippen molar-refractivity contribution < 1.29 is 8.42 Å². The van der Waals surface area contributed by atoms with Gasteiger partial charge < -0.3 is 5.32 Å². The summed E-state index contributed by atoms with van der Waals surface area (Å²) in [6, 6.07) is 6.45. The van der Waals surface area contributed by atoms with E-state index in [0.29, 0.717) is 11.6 Å². The summed E-state index contributed by atoms with van der Waals surface area (Å²) in [5.41, 5.74) is 0.828. The lowest BCUT2D eigenvalue weighted by Gasteiger charge is -2.14. The molecule has 0 saturated carbocycles. The second kappa shape index (κ2) is 5.64. The van der Waals surface area contributed by atoms with E-state index in [2.05, 4.69) is 11.9 Å². The molecule has 1 atom stereocenters. The Balaban J connectivity index is 2.88. The number of primary sulfonamides is 1. The quantitative estimate of drug-likeness (QED) is 0.859. The molecule has 0 aliphatic carbocycles. The summed E-state index contributed by atoms with van der Waals surface area (Å²) in [6.45, 7) is 5.93. The first-order chi connectivity index (χ1) is 7.80. The third kappa shape index (κ3) is 4.47. The first kappa shape index (κ1) is 14.2. The van der Waals surface area contributed by atoms with E-state index in [1.165, 1.54) is 6.07 Å². The van der Waals surface area contributed by atoms with Gasteiger partial charge in [-0.2, -0.15) is 0 Å². The molecular weight excluding hydrogens is 260 g/mol. The Kier molecular flexibility index (Phi) is 4.70. The fourth-order valence-corrected chi connectivity index (χ4v) is 1.99. The van der Waals surface area contributed by atoms with Gasteiger partial charge in [0.1, 0.15) is 0 Å². The molecule has 17 heavy (non-hydrogen) atoms. The van der Waals surface area contributed by atoms with Gasteiger partial charge in [0.15, 0.2) is 0 Å². The summed E-state index contributed by atoms with van der Waals surface area (Å²) in [7, 11) is -3.66. The molecule has 94 valence electrons. The maximum Gasteiger partial charge on any atom is 0.238 e. The van der Waals surface area contributed by atoms with Crippen LogP contribution in [0.5, 0.6) is 0 Å². The predicted molar refractivity (Wildman–Crippen MR) is 69.2 cm³/mol. The van der Waals surface area contributed by atoms with Gasteiger partial charge in [-0.05, 0) is 24.6 Å². The lowest BCUT2D eigenvalue weighted by Crippen LogP contribution is -2.20. The highest BCUT2D eigenvalue weighted by Gasteiger charge is 2.11. The summed E-state index contributed by atoms with van der Waals surface area (Å²) < 4.78 is 22.4. The average molecular weight is 275 g/mol. The monoisotopic (exact) mass is 274 g/mol. The topological polar surface area (TPSA) is 72.2 Å². The van der Waals surface area contributed by atoms with Crippen molar-refractivity contribution in [2.45, 2.75) is 17.9 Å². The minimum atomic E-state index is -3.66. The lowest BCUT2D eigenvalue weighted by atomic mass is 10.1. The Bertz CT molecular complexity index is 514. The molecule has 0 spiro atoms. The molecule has 3 N–H and O–H groups in total. The van der Waals surface area contributed by atoms with Gasteiger partial charge in [-0.3, -0.25) is 0 Å². The zero-order chi connectivity index (χ0) is 13.1. The van der Waals surface area contributed by atoms with E-state index in [9.17, 15) is 8.42 Å². The third-order valence-electron chi connectivity index (χ3n) is 2.29. The van der Waals surface area contributed by atoms with Crippen molar-refractivity contribution in [1.29, 1.82) is 0 Å². The van der Waals surface area contributed by atoms with Crippen molar-refractivity contribution >= 4 is 21.6 Å². The fraction of sp³-hybridized carbons (Fsp3) is 0.273. The first-order valence-corrected chi connectivity index (χ1v) is 6.92. The first-order valence-electron chi connectivity index (χ1n) is 5.00. The SMILES string of the molecule is C=C(Cl)CNC(C)c1cccc(S(N)(=O)=O)c1. The summed E-state index contributed by atoms with van der Waals surface area (Å²) >= 11 is 5.64. The summed E-state index contributed by atoms with van der Waals surface area (Å²) in [5.74, 6) is 0. The second-order valence-electron chi connectivity index (χ2n) is 3.74. The van der Waals surface area contributed by atoms with Crippen LogP contribution in [0.4, 0.5) is 0 Å². The van der Waals surface area contributed by atoms with Crippen LogP contribution in [0.25, 0.3) is 0 Å². The number of benzene rings is 1. The molecule has 0 saturated heterocycles. The minimum Gasteiger partial charge on any atom is -0.305 e. The number of nitrogens with one attached hydrogen (secondary N) is 1. The number of halogens is 1. The average Bonchev–Trinajstić information content (AvgIpc) is 2.25. The highest BCUT2D eigenvalue weighted by atomic mass is 35.5. The number of hydrogen-bond donors (Lipinski definition) is 2. The Hall–Kier alpha value is -0.880. The molecule has 4 nitrogen and oxygen atoms in total. The van der Waals surface area contributed by atoms with E-state index in [1.54, 1.807) is 12.1 Å². The molecule has 0 amide bonds. The largest absolute Gasteiger partial charge is 0.305 e. The normalized spacial score (nSPS) is 13.4. The second-order valence-corrected chi connectivity index (χ2v) is 5.83. The molecule has 0 fully saturated rings. The maximum atomic E-state index is 11.2. The molecular formula is C11H15ClN2O2S. The number of nitrogens with two attached hydrogens (primary N) is 1. The maximum absolute atomic E-state index is 11.2. The molecule has 0 aliphatic rings. The molecule has 0 aromatic heterocycles. The van der Waals surface area contributed by atoms with Crippen LogP contribution in [0.15, 0.2) is 40.8 Å². The Morgan fingerprint density at radius 3 is 2.76 bits per heavy atom. The van der Waals surface area contributed by atoms with Crippen LogP contribution in [0.2, 0.25) is 0 Å². The van der Waals surface area contributed by atoms with E-state index >= 15 is 0 Å². The van der Waals surface area contributed by atoms with Gasteiger partial charge in [-0.15, -0.1) is 0 Å². The molecule has 1 aromatic rings. The van der Waals surface area contributed by atoms with Crippen LogP contribution >= 0.6 is 11.6 Å². The molecule has 0 bridgehead atoms. The van der Waals surface area contributed by atoms with E-state index in [4.69, 9.17) is 16.7 Å². The molecule has 1 rings (SSSR count). The van der Waals surface area contributed by atoms with E-state index in [1.807, 2.05) is 13.0 Å². The van der Waals surface area contributed by atoms with Gasteiger partial charge >= 0.3 is 0 Å². The Morgan fingerprint density at radius 1 is 1.59 bits per heavy atom. The number of hydrogen-bond acceptors (Lipinski definition) is 3. The fourth-order valence-electron chi connectivity index (χ4n) is 1.34. The Morgan fingerprint density at radius 2 is 2.24 bits per heavy atom. The van der Waals surface area contributed by atoms with Crippen molar-refractivity contribution in [3.8, 4) is 0 Å². The van der Waals surface area contributed by atoms with E-state index < -0.39 is 10.0 Å². The van der Waals surface area contributed by atoms with Gasteiger partial charge in [0.25, 0.3) is 0 Å². The number of rotatable bonds is 5. The van der Waals surface area contributed by atoms with Gasteiger partial charge in [0, 0.05) is 17.6 Å². The van der Waals surface area contributed by atoms with Crippen LogP contribution in [0, 0.1) is 0 Å². The highest BCUT2D eigenvalue weighted by molar-refractivity contribution is 7.89. The van der Waals surface area contributed by atoms with Crippen LogP contribution in [-0.4, -0.2) is 15.0 Å². The lowest BCUT2D eigenvalue weighted by molar-refractivity contribution is 0.595. The van der Waals surface area contributed by atoms with Crippen molar-refractivity contribution in [1.82, 2.24) is 5.32 Å². The van der Waals surface area contributed by atoms with Gasteiger partial charge in [0.2, 0.25) is 10.0 Å². The van der Waals surface area contributed by atoms with Crippen LogP contribution in [0.3, 0.4) is 0 Å². The van der Waals surface area contributed by atoms with E-state index in [0.717, 1.165) is 5.56 Å². The van der Waals surface area contributed by atoms with Crippen molar-refractivity contribution in [2.75, 3.05) is 6.54 Å². The minimum absolute atomic E-state index is 0.0350. The molecule has 6 heteroatoms. The van der Waals surface area contributed by atoms with Crippen molar-refractivity contribution in [3.63, 3.8) is 0 Å². The summed E-state index contributed by atoms with van der Waals surface area (Å²) in [6.07, 6.45) is 0. The molecule has 0 radical (unpaired) electrons. The molecule has 1 unspecified atom stereocenters. The van der Waals surface area contributed by atoms with Crippen LogP contribution < -0.4 is 10.5 Å². The predicted octanol–water partition coefficient (Wildman–Crippen LogP) is 1.74. The molecule has 1 aromatic carbocycles.